The fraction of sp³-hybridized carbons (Fsp3) is 0.217. The van der Waals surface area contributed by atoms with Crippen molar-refractivity contribution in [1.82, 2.24) is 19.7 Å². The molecule has 4 aromatic rings. The molecule has 0 fully saturated rings. The second-order valence-corrected chi connectivity index (χ2v) is 8.15. The number of methoxy groups -OCH3 is 1. The molecule has 8 heteroatoms. The molecule has 1 N–H and O–H groups in total. The average molecular weight is 434 g/mol. The van der Waals surface area contributed by atoms with Crippen molar-refractivity contribution in [3.8, 4) is 17.1 Å². The van der Waals surface area contributed by atoms with Gasteiger partial charge in [0.2, 0.25) is 5.91 Å². The van der Waals surface area contributed by atoms with Crippen LogP contribution in [0, 0.1) is 0 Å². The summed E-state index contributed by atoms with van der Waals surface area (Å²) < 4.78 is 7.28. The summed E-state index contributed by atoms with van der Waals surface area (Å²) in [5, 5.41) is 13.3. The van der Waals surface area contributed by atoms with Crippen molar-refractivity contribution in [1.29, 1.82) is 0 Å². The molecule has 1 amide bonds. The molecule has 0 saturated carbocycles. The van der Waals surface area contributed by atoms with E-state index in [9.17, 15) is 4.79 Å². The van der Waals surface area contributed by atoms with Crippen LogP contribution >= 0.6 is 11.8 Å². The third kappa shape index (κ3) is 4.54. The molecule has 0 unspecified atom stereocenters. The molecule has 158 valence electrons. The number of amides is 1. The fourth-order valence-electron chi connectivity index (χ4n) is 3.31. The summed E-state index contributed by atoms with van der Waals surface area (Å²) >= 11 is 1.37. The number of anilines is 1. The van der Waals surface area contributed by atoms with Gasteiger partial charge in [0.1, 0.15) is 5.75 Å². The van der Waals surface area contributed by atoms with Crippen LogP contribution in [0.4, 0.5) is 5.69 Å². The number of nitrogens with one attached hydrogen (secondary N) is 1. The second kappa shape index (κ2) is 9.18. The Labute approximate surface area is 184 Å². The molecular weight excluding hydrogens is 410 g/mol. The number of carbonyl (C=O) groups is 1. The van der Waals surface area contributed by atoms with E-state index in [1.807, 2.05) is 59.2 Å². The second-order valence-electron chi connectivity index (χ2n) is 7.21. The van der Waals surface area contributed by atoms with Gasteiger partial charge < -0.3 is 10.1 Å². The highest BCUT2D eigenvalue weighted by molar-refractivity contribution is 7.99. The van der Waals surface area contributed by atoms with Crippen molar-refractivity contribution in [2.24, 2.45) is 0 Å². The molecular formula is C23H23N5O2S. The number of rotatable bonds is 7. The Hall–Kier alpha value is -3.39. The smallest absolute Gasteiger partial charge is 0.234 e. The van der Waals surface area contributed by atoms with E-state index in [1.165, 1.54) is 11.8 Å². The number of benzene rings is 2. The van der Waals surface area contributed by atoms with Crippen LogP contribution in [0.5, 0.6) is 5.75 Å². The van der Waals surface area contributed by atoms with Gasteiger partial charge in [-0.15, -0.1) is 10.2 Å². The molecule has 7 nitrogen and oxygen atoms in total. The van der Waals surface area contributed by atoms with E-state index >= 15 is 0 Å². The molecule has 2 aromatic carbocycles. The lowest BCUT2D eigenvalue weighted by Crippen LogP contribution is -2.15. The number of hydrogen-bond donors (Lipinski definition) is 1. The number of thioether (sulfide) groups is 1. The molecule has 0 spiro atoms. The first-order valence-corrected chi connectivity index (χ1v) is 10.9. The quantitative estimate of drug-likeness (QED) is 0.421. The zero-order valence-corrected chi connectivity index (χ0v) is 18.4. The maximum absolute atomic E-state index is 12.6. The Balaban J connectivity index is 1.50. The molecule has 0 aliphatic heterocycles. The summed E-state index contributed by atoms with van der Waals surface area (Å²) in [4.78, 5) is 17.0. The molecule has 0 aliphatic rings. The van der Waals surface area contributed by atoms with Crippen LogP contribution in [0.1, 0.15) is 19.9 Å². The summed E-state index contributed by atoms with van der Waals surface area (Å²) in [6, 6.07) is 17.3. The van der Waals surface area contributed by atoms with Crippen LogP contribution in [0.2, 0.25) is 0 Å². The number of ether oxygens (including phenoxy) is 1. The van der Waals surface area contributed by atoms with Gasteiger partial charge in [-0.25, -0.2) is 0 Å². The first kappa shape index (κ1) is 20.9. The zero-order valence-electron chi connectivity index (χ0n) is 17.6. The van der Waals surface area contributed by atoms with Gasteiger partial charge in [0.25, 0.3) is 0 Å². The fourth-order valence-corrected chi connectivity index (χ4v) is 4.17. The summed E-state index contributed by atoms with van der Waals surface area (Å²) in [7, 11) is 1.64. The third-order valence-electron chi connectivity index (χ3n) is 4.78. The van der Waals surface area contributed by atoms with Crippen LogP contribution in [0.15, 0.2) is 66.0 Å². The minimum absolute atomic E-state index is 0.106. The van der Waals surface area contributed by atoms with Crippen molar-refractivity contribution >= 4 is 34.3 Å². The molecule has 2 aromatic heterocycles. The number of nitrogens with zero attached hydrogens (tertiary/aromatic N) is 4. The minimum atomic E-state index is -0.106. The Kier molecular flexibility index (Phi) is 6.18. The molecule has 0 atom stereocenters. The first-order chi connectivity index (χ1) is 15.1. The Morgan fingerprint density at radius 2 is 1.90 bits per heavy atom. The summed E-state index contributed by atoms with van der Waals surface area (Å²) in [5.74, 6) is 1.67. The lowest BCUT2D eigenvalue weighted by atomic mass is 10.2. The van der Waals surface area contributed by atoms with E-state index in [4.69, 9.17) is 4.74 Å². The summed E-state index contributed by atoms with van der Waals surface area (Å²) in [6.07, 6.45) is 1.74. The topological polar surface area (TPSA) is 81.9 Å². The standard InChI is InChI=1S/C23H23N5O2S/c1-15(2)28-22(16-9-11-17(30-3)12-10-16)26-27-23(28)31-14-21(29)25-20-8-4-7-19-18(20)6-5-13-24-19/h4-13,15H,14H2,1-3H3,(H,25,29). The molecule has 0 bridgehead atoms. The summed E-state index contributed by atoms with van der Waals surface area (Å²) in [5.41, 5.74) is 2.54. The maximum Gasteiger partial charge on any atom is 0.234 e. The number of carbonyl (C=O) groups excluding carboxylic acids is 1. The number of aromatic nitrogens is 4. The SMILES string of the molecule is COc1ccc(-c2nnc(SCC(=O)Nc3cccc4ncccc34)n2C(C)C)cc1. The van der Waals surface area contributed by atoms with Gasteiger partial charge in [-0.2, -0.15) is 0 Å². The van der Waals surface area contributed by atoms with Gasteiger partial charge >= 0.3 is 0 Å². The van der Waals surface area contributed by atoms with E-state index in [0.717, 1.165) is 33.7 Å². The molecule has 0 aliphatic carbocycles. The van der Waals surface area contributed by atoms with E-state index < -0.39 is 0 Å². The van der Waals surface area contributed by atoms with Crippen molar-refractivity contribution in [2.75, 3.05) is 18.2 Å². The first-order valence-electron chi connectivity index (χ1n) is 9.92. The predicted octanol–water partition coefficient (Wildman–Crippen LogP) is 4.81. The van der Waals surface area contributed by atoms with Crippen molar-refractivity contribution in [3.63, 3.8) is 0 Å². The normalized spacial score (nSPS) is 11.1. The average Bonchev–Trinajstić information content (AvgIpc) is 3.22. The van der Waals surface area contributed by atoms with Crippen molar-refractivity contribution < 1.29 is 9.53 Å². The maximum atomic E-state index is 12.6. The largest absolute Gasteiger partial charge is 0.497 e. The minimum Gasteiger partial charge on any atom is -0.497 e. The van der Waals surface area contributed by atoms with Gasteiger partial charge in [-0.3, -0.25) is 14.3 Å². The third-order valence-corrected chi connectivity index (χ3v) is 5.72. The highest BCUT2D eigenvalue weighted by atomic mass is 32.2. The van der Waals surface area contributed by atoms with Crippen LogP contribution in [-0.2, 0) is 4.79 Å². The van der Waals surface area contributed by atoms with Gasteiger partial charge in [-0.1, -0.05) is 17.8 Å². The number of fused-ring (bicyclic) bond motifs is 1. The monoisotopic (exact) mass is 433 g/mol. The molecule has 0 saturated heterocycles. The van der Waals surface area contributed by atoms with E-state index in [0.29, 0.717) is 5.16 Å². The van der Waals surface area contributed by atoms with Crippen molar-refractivity contribution in [3.05, 3.63) is 60.8 Å². The Morgan fingerprint density at radius 3 is 2.65 bits per heavy atom. The van der Waals surface area contributed by atoms with E-state index in [1.54, 1.807) is 13.3 Å². The highest BCUT2D eigenvalue weighted by Gasteiger charge is 2.18. The van der Waals surface area contributed by atoms with E-state index in [-0.39, 0.29) is 17.7 Å². The van der Waals surface area contributed by atoms with Gasteiger partial charge in [0.05, 0.1) is 24.1 Å². The van der Waals surface area contributed by atoms with Crippen LogP contribution in [0.25, 0.3) is 22.3 Å². The molecule has 2 heterocycles. The molecule has 0 radical (unpaired) electrons. The molecule has 4 rings (SSSR count). The summed E-state index contributed by atoms with van der Waals surface area (Å²) in [6.45, 7) is 4.15. The predicted molar refractivity (Wildman–Crippen MR) is 123 cm³/mol. The zero-order chi connectivity index (χ0) is 21.8. The lowest BCUT2D eigenvalue weighted by Gasteiger charge is -2.14. The van der Waals surface area contributed by atoms with Crippen LogP contribution in [-0.4, -0.2) is 38.5 Å². The van der Waals surface area contributed by atoms with Gasteiger partial charge in [0, 0.05) is 23.2 Å². The number of pyridine rings is 1. The van der Waals surface area contributed by atoms with Crippen LogP contribution < -0.4 is 10.1 Å². The molecule has 31 heavy (non-hydrogen) atoms. The van der Waals surface area contributed by atoms with Gasteiger partial charge in [-0.05, 0) is 62.4 Å². The van der Waals surface area contributed by atoms with Crippen LogP contribution in [0.3, 0.4) is 0 Å². The lowest BCUT2D eigenvalue weighted by molar-refractivity contribution is -0.113. The highest BCUT2D eigenvalue weighted by Crippen LogP contribution is 2.29. The van der Waals surface area contributed by atoms with Gasteiger partial charge in [0.15, 0.2) is 11.0 Å². The van der Waals surface area contributed by atoms with E-state index in [2.05, 4.69) is 34.3 Å². The number of hydrogen-bond acceptors (Lipinski definition) is 6. The Bertz CT molecular complexity index is 1200. The Morgan fingerprint density at radius 1 is 1.10 bits per heavy atom. The van der Waals surface area contributed by atoms with Crippen molar-refractivity contribution in [2.45, 2.75) is 25.0 Å².